The monoisotopic (exact) mass is 238 g/mol. The molecule has 6 heteroatoms. The van der Waals surface area contributed by atoms with Crippen molar-refractivity contribution in [3.8, 4) is 0 Å². The lowest BCUT2D eigenvalue weighted by molar-refractivity contribution is -0.153. The van der Waals surface area contributed by atoms with Gasteiger partial charge in [0.1, 0.15) is 0 Å². The number of ether oxygens (including phenoxy) is 1. The molecule has 0 saturated carbocycles. The molecule has 0 radical (unpaired) electrons. The lowest BCUT2D eigenvalue weighted by Crippen LogP contribution is -2.56. The number of aromatic nitrogens is 2. The van der Waals surface area contributed by atoms with Gasteiger partial charge in [0.05, 0.1) is 12.8 Å². The first-order valence-corrected chi connectivity index (χ1v) is 5.63. The van der Waals surface area contributed by atoms with Crippen molar-refractivity contribution in [2.45, 2.75) is 19.1 Å². The second kappa shape index (κ2) is 4.46. The number of amides is 1. The highest BCUT2D eigenvalue weighted by Crippen LogP contribution is 2.18. The Labute approximate surface area is 100 Å². The van der Waals surface area contributed by atoms with Crippen molar-refractivity contribution < 1.29 is 9.53 Å². The third-order valence-electron chi connectivity index (χ3n) is 3.04. The molecule has 17 heavy (non-hydrogen) atoms. The summed E-state index contributed by atoms with van der Waals surface area (Å²) < 4.78 is 7.23. The summed E-state index contributed by atoms with van der Waals surface area (Å²) in [5.74, 6) is -0.409. The summed E-state index contributed by atoms with van der Waals surface area (Å²) in [4.78, 5) is 13.5. The maximum absolute atomic E-state index is 11.3. The molecule has 1 aliphatic heterocycles. The third kappa shape index (κ3) is 2.65. The fourth-order valence-corrected chi connectivity index (χ4v) is 2.05. The minimum Gasteiger partial charge on any atom is -0.367 e. The molecule has 1 aromatic heterocycles. The summed E-state index contributed by atoms with van der Waals surface area (Å²) >= 11 is 0. The van der Waals surface area contributed by atoms with Gasteiger partial charge in [-0.05, 0) is 6.92 Å². The van der Waals surface area contributed by atoms with Gasteiger partial charge in [0.15, 0.2) is 5.60 Å². The Morgan fingerprint density at radius 2 is 2.47 bits per heavy atom. The van der Waals surface area contributed by atoms with E-state index in [1.165, 1.54) is 0 Å². The van der Waals surface area contributed by atoms with E-state index in [1.807, 2.05) is 19.4 Å². The van der Waals surface area contributed by atoms with Crippen LogP contribution in [-0.2, 0) is 23.1 Å². The van der Waals surface area contributed by atoms with E-state index in [0.29, 0.717) is 13.2 Å². The number of primary amides is 1. The molecule has 0 aromatic carbocycles. The molecule has 94 valence electrons. The molecule has 1 aromatic rings. The Hall–Kier alpha value is -1.40. The van der Waals surface area contributed by atoms with E-state index in [1.54, 1.807) is 11.6 Å². The number of nitrogens with two attached hydrogens (primary N) is 1. The summed E-state index contributed by atoms with van der Waals surface area (Å²) in [5, 5.41) is 4.12. The average Bonchev–Trinajstić information content (AvgIpc) is 2.64. The van der Waals surface area contributed by atoms with Gasteiger partial charge in [-0.25, -0.2) is 0 Å². The second-order valence-corrected chi connectivity index (χ2v) is 4.68. The quantitative estimate of drug-likeness (QED) is 0.770. The highest BCUT2D eigenvalue weighted by Gasteiger charge is 2.37. The normalized spacial score (nSPS) is 26.0. The molecule has 1 saturated heterocycles. The van der Waals surface area contributed by atoms with E-state index < -0.39 is 11.5 Å². The SMILES string of the molecule is Cn1cc(CN2CCOC(C)(C(N)=O)C2)cn1. The molecular weight excluding hydrogens is 220 g/mol. The molecule has 0 bridgehead atoms. The molecule has 2 N–H and O–H groups in total. The zero-order valence-electron chi connectivity index (χ0n) is 10.2. The predicted octanol–water partition coefficient (Wildman–Crippen LogP) is -0.504. The number of morpholine rings is 1. The van der Waals surface area contributed by atoms with Gasteiger partial charge in [0, 0.05) is 38.4 Å². The molecule has 1 unspecified atom stereocenters. The molecule has 1 aliphatic rings. The zero-order chi connectivity index (χ0) is 12.5. The van der Waals surface area contributed by atoms with Gasteiger partial charge in [-0.15, -0.1) is 0 Å². The van der Waals surface area contributed by atoms with Gasteiger partial charge in [0.2, 0.25) is 0 Å². The van der Waals surface area contributed by atoms with Gasteiger partial charge in [-0.1, -0.05) is 0 Å². The van der Waals surface area contributed by atoms with Crippen molar-refractivity contribution in [3.05, 3.63) is 18.0 Å². The minimum atomic E-state index is -0.875. The van der Waals surface area contributed by atoms with Crippen molar-refractivity contribution in [2.75, 3.05) is 19.7 Å². The van der Waals surface area contributed by atoms with Crippen LogP contribution >= 0.6 is 0 Å². The Kier molecular flexibility index (Phi) is 3.17. The number of carbonyl (C=O) groups is 1. The largest absolute Gasteiger partial charge is 0.367 e. The second-order valence-electron chi connectivity index (χ2n) is 4.68. The summed E-state index contributed by atoms with van der Waals surface area (Å²) in [6.07, 6.45) is 3.80. The topological polar surface area (TPSA) is 73.4 Å². The first-order chi connectivity index (χ1) is 7.99. The molecule has 0 aliphatic carbocycles. The summed E-state index contributed by atoms with van der Waals surface area (Å²) in [7, 11) is 1.89. The lowest BCUT2D eigenvalue weighted by Gasteiger charge is -2.38. The van der Waals surface area contributed by atoms with Gasteiger partial charge >= 0.3 is 0 Å². The average molecular weight is 238 g/mol. The van der Waals surface area contributed by atoms with Crippen LogP contribution in [0.5, 0.6) is 0 Å². The minimum absolute atomic E-state index is 0.409. The summed E-state index contributed by atoms with van der Waals surface area (Å²) in [5.41, 5.74) is 5.61. The predicted molar refractivity (Wildman–Crippen MR) is 62.0 cm³/mol. The van der Waals surface area contributed by atoms with Crippen molar-refractivity contribution in [3.63, 3.8) is 0 Å². The van der Waals surface area contributed by atoms with Gasteiger partial charge < -0.3 is 10.5 Å². The van der Waals surface area contributed by atoms with Crippen molar-refractivity contribution >= 4 is 5.91 Å². The Morgan fingerprint density at radius 1 is 1.71 bits per heavy atom. The Balaban J connectivity index is 2.00. The summed E-state index contributed by atoms with van der Waals surface area (Å²) in [6, 6.07) is 0. The van der Waals surface area contributed by atoms with Crippen LogP contribution in [-0.4, -0.2) is 45.9 Å². The number of aryl methyl sites for hydroxylation is 1. The smallest absolute Gasteiger partial charge is 0.250 e. The number of nitrogens with zero attached hydrogens (tertiary/aromatic N) is 3. The summed E-state index contributed by atoms with van der Waals surface area (Å²) in [6.45, 7) is 4.36. The maximum Gasteiger partial charge on any atom is 0.250 e. The number of hydrogen-bond acceptors (Lipinski definition) is 4. The van der Waals surface area contributed by atoms with Gasteiger partial charge in [-0.2, -0.15) is 5.10 Å². The molecule has 6 nitrogen and oxygen atoms in total. The fraction of sp³-hybridized carbons (Fsp3) is 0.636. The van der Waals surface area contributed by atoms with Crippen molar-refractivity contribution in [1.29, 1.82) is 0 Å². The van der Waals surface area contributed by atoms with Crippen LogP contribution in [0.15, 0.2) is 12.4 Å². The molecular formula is C11H18N4O2. The lowest BCUT2D eigenvalue weighted by atomic mass is 10.0. The maximum atomic E-state index is 11.3. The molecule has 0 spiro atoms. The van der Waals surface area contributed by atoms with Crippen LogP contribution in [0.4, 0.5) is 0 Å². The van der Waals surface area contributed by atoms with Crippen LogP contribution < -0.4 is 5.73 Å². The Morgan fingerprint density at radius 3 is 3.06 bits per heavy atom. The van der Waals surface area contributed by atoms with Crippen molar-refractivity contribution in [1.82, 2.24) is 14.7 Å². The Bertz CT molecular complexity index is 417. The number of rotatable bonds is 3. The zero-order valence-corrected chi connectivity index (χ0v) is 10.2. The standard InChI is InChI=1S/C11H18N4O2/c1-11(10(12)16)8-15(3-4-17-11)7-9-5-13-14(2)6-9/h5-6H,3-4,7-8H2,1-2H3,(H2,12,16). The van der Waals surface area contributed by atoms with Crippen LogP contribution in [0.1, 0.15) is 12.5 Å². The van der Waals surface area contributed by atoms with Crippen LogP contribution in [0.25, 0.3) is 0 Å². The molecule has 2 heterocycles. The first kappa shape index (κ1) is 12.1. The van der Waals surface area contributed by atoms with Crippen LogP contribution in [0, 0.1) is 0 Å². The fourth-order valence-electron chi connectivity index (χ4n) is 2.05. The van der Waals surface area contributed by atoms with Crippen LogP contribution in [0.3, 0.4) is 0 Å². The van der Waals surface area contributed by atoms with Gasteiger partial charge in [0.25, 0.3) is 5.91 Å². The molecule has 1 amide bonds. The third-order valence-corrected chi connectivity index (χ3v) is 3.04. The van der Waals surface area contributed by atoms with E-state index >= 15 is 0 Å². The van der Waals surface area contributed by atoms with E-state index in [-0.39, 0.29) is 0 Å². The van der Waals surface area contributed by atoms with E-state index in [9.17, 15) is 4.79 Å². The molecule has 1 fully saturated rings. The first-order valence-electron chi connectivity index (χ1n) is 5.63. The highest BCUT2D eigenvalue weighted by atomic mass is 16.5. The van der Waals surface area contributed by atoms with Gasteiger partial charge in [-0.3, -0.25) is 14.4 Å². The number of hydrogen-bond donors (Lipinski definition) is 1. The highest BCUT2D eigenvalue weighted by molar-refractivity contribution is 5.83. The van der Waals surface area contributed by atoms with Crippen molar-refractivity contribution in [2.24, 2.45) is 12.8 Å². The van der Waals surface area contributed by atoms with Crippen LogP contribution in [0.2, 0.25) is 0 Å². The number of carbonyl (C=O) groups excluding carboxylic acids is 1. The molecule has 1 atom stereocenters. The van der Waals surface area contributed by atoms with E-state index in [0.717, 1.165) is 18.7 Å². The van der Waals surface area contributed by atoms with E-state index in [2.05, 4.69) is 10.00 Å². The molecule has 2 rings (SSSR count). The van der Waals surface area contributed by atoms with E-state index in [4.69, 9.17) is 10.5 Å².